The van der Waals surface area contributed by atoms with Crippen molar-refractivity contribution >= 4 is 0 Å². The average molecular weight is 282 g/mol. The number of hydrogen-bond acceptors (Lipinski definition) is 3. The molecular weight excluding hydrogens is 264 g/mol. The minimum absolute atomic E-state index is 0.0406. The van der Waals surface area contributed by atoms with Crippen molar-refractivity contribution < 1.29 is 14.6 Å². The predicted molar refractivity (Wildman–Crippen MR) is 79.6 cm³/mol. The number of rotatable bonds is 2. The molecule has 1 N–H and O–H groups in total. The Balaban J connectivity index is 1.53. The predicted octanol–water partition coefficient (Wildman–Crippen LogP) is 3.29. The second-order valence-electron chi connectivity index (χ2n) is 5.74. The molecule has 3 nitrogen and oxygen atoms in total. The fourth-order valence-electron chi connectivity index (χ4n) is 3.19. The van der Waals surface area contributed by atoms with Crippen LogP contribution in [0.5, 0.6) is 0 Å². The molecule has 21 heavy (non-hydrogen) atoms. The highest BCUT2D eigenvalue weighted by atomic mass is 16.7. The monoisotopic (exact) mass is 282 g/mol. The second kappa shape index (κ2) is 5.26. The first-order valence-corrected chi connectivity index (χ1v) is 7.45. The molecule has 2 aromatic carbocycles. The summed E-state index contributed by atoms with van der Waals surface area (Å²) in [5.41, 5.74) is 3.39. The average Bonchev–Trinajstić information content (AvgIpc) is 3.11. The molecule has 108 valence electrons. The van der Waals surface area contributed by atoms with Crippen LogP contribution in [-0.4, -0.2) is 23.4 Å². The van der Waals surface area contributed by atoms with Crippen molar-refractivity contribution in [3.63, 3.8) is 0 Å². The van der Waals surface area contributed by atoms with Crippen LogP contribution < -0.4 is 0 Å². The van der Waals surface area contributed by atoms with Gasteiger partial charge in [-0.3, -0.25) is 0 Å². The molecule has 1 aliphatic carbocycles. The van der Waals surface area contributed by atoms with Crippen LogP contribution in [0, 0.1) is 0 Å². The summed E-state index contributed by atoms with van der Waals surface area (Å²) in [6, 6.07) is 18.5. The molecule has 3 heteroatoms. The molecule has 2 aliphatic rings. The molecule has 0 aromatic heterocycles. The summed E-state index contributed by atoms with van der Waals surface area (Å²) in [6.45, 7) is 0. The Morgan fingerprint density at radius 3 is 2.24 bits per heavy atom. The van der Waals surface area contributed by atoms with E-state index in [0.717, 1.165) is 18.4 Å². The van der Waals surface area contributed by atoms with E-state index < -0.39 is 0 Å². The summed E-state index contributed by atoms with van der Waals surface area (Å²) in [7, 11) is 0. The van der Waals surface area contributed by atoms with Gasteiger partial charge in [0, 0.05) is 5.56 Å². The van der Waals surface area contributed by atoms with Crippen LogP contribution >= 0.6 is 0 Å². The van der Waals surface area contributed by atoms with Gasteiger partial charge in [0.05, 0.1) is 12.2 Å². The van der Waals surface area contributed by atoms with Gasteiger partial charge in [-0.05, 0) is 24.0 Å². The molecule has 1 saturated carbocycles. The van der Waals surface area contributed by atoms with E-state index in [1.54, 1.807) is 0 Å². The number of ether oxygens (including phenoxy) is 2. The Bertz CT molecular complexity index is 608. The van der Waals surface area contributed by atoms with Crippen molar-refractivity contribution in [3.05, 3.63) is 60.2 Å². The van der Waals surface area contributed by atoms with Gasteiger partial charge in [0.1, 0.15) is 6.10 Å². The van der Waals surface area contributed by atoms with E-state index in [4.69, 9.17) is 9.47 Å². The molecule has 0 unspecified atom stereocenters. The van der Waals surface area contributed by atoms with Crippen molar-refractivity contribution in [1.82, 2.24) is 0 Å². The highest BCUT2D eigenvalue weighted by Gasteiger charge is 2.45. The first kappa shape index (κ1) is 13.0. The van der Waals surface area contributed by atoms with Gasteiger partial charge in [0.15, 0.2) is 6.29 Å². The number of hydrogen-bond donors (Lipinski definition) is 1. The van der Waals surface area contributed by atoms with Crippen LogP contribution in [0.3, 0.4) is 0 Å². The minimum atomic E-state index is -0.386. The van der Waals surface area contributed by atoms with Gasteiger partial charge in [-0.1, -0.05) is 54.6 Å². The quantitative estimate of drug-likeness (QED) is 0.918. The summed E-state index contributed by atoms with van der Waals surface area (Å²) in [6.07, 6.45) is 0.797. The maximum Gasteiger partial charge on any atom is 0.184 e. The maximum atomic E-state index is 9.85. The molecular formula is C18H18O3. The van der Waals surface area contributed by atoms with Crippen LogP contribution in [0.4, 0.5) is 0 Å². The third-order valence-electron chi connectivity index (χ3n) is 4.36. The molecule has 0 bridgehead atoms. The van der Waals surface area contributed by atoms with E-state index in [1.807, 2.05) is 30.3 Å². The summed E-state index contributed by atoms with van der Waals surface area (Å²) in [5.74, 6) is 0. The maximum absolute atomic E-state index is 9.85. The minimum Gasteiger partial charge on any atom is -0.390 e. The van der Waals surface area contributed by atoms with Crippen molar-refractivity contribution in [2.24, 2.45) is 0 Å². The third kappa shape index (κ3) is 2.38. The van der Waals surface area contributed by atoms with Gasteiger partial charge in [-0.25, -0.2) is 0 Å². The molecule has 1 heterocycles. The van der Waals surface area contributed by atoms with E-state index in [0.29, 0.717) is 0 Å². The first-order valence-electron chi connectivity index (χ1n) is 7.45. The summed E-state index contributed by atoms with van der Waals surface area (Å²) in [4.78, 5) is 0. The fourth-order valence-corrected chi connectivity index (χ4v) is 3.19. The normalized spacial score (nSPS) is 31.3. The van der Waals surface area contributed by atoms with Crippen LogP contribution in [-0.2, 0) is 9.47 Å². The van der Waals surface area contributed by atoms with Crippen molar-refractivity contribution in [2.75, 3.05) is 0 Å². The zero-order valence-corrected chi connectivity index (χ0v) is 11.7. The fraction of sp³-hybridized carbons (Fsp3) is 0.333. The van der Waals surface area contributed by atoms with Gasteiger partial charge in [0.2, 0.25) is 0 Å². The number of aliphatic hydroxyl groups excluding tert-OH is 1. The van der Waals surface area contributed by atoms with E-state index in [2.05, 4.69) is 24.3 Å². The van der Waals surface area contributed by atoms with Gasteiger partial charge in [0.25, 0.3) is 0 Å². The SMILES string of the molecule is O[C@H]1CC[C@@H]2O[C@H](c3ccc(-c4ccccc4)cc3)O[C@H]21. The van der Waals surface area contributed by atoms with Gasteiger partial charge >= 0.3 is 0 Å². The summed E-state index contributed by atoms with van der Waals surface area (Å²) in [5, 5.41) is 9.85. The Hall–Kier alpha value is -1.68. The lowest BCUT2D eigenvalue weighted by Crippen LogP contribution is -2.25. The number of aliphatic hydroxyl groups is 1. The topological polar surface area (TPSA) is 38.7 Å². The standard InChI is InChI=1S/C18H18O3/c19-15-10-11-16-17(15)21-18(20-16)14-8-6-13(7-9-14)12-4-2-1-3-5-12/h1-9,15-19H,10-11H2/t15-,16-,17-,18-/m0/s1. The Kier molecular flexibility index (Phi) is 3.26. The zero-order chi connectivity index (χ0) is 14.2. The molecule has 4 rings (SSSR count). The van der Waals surface area contributed by atoms with E-state index in [9.17, 15) is 5.11 Å². The highest BCUT2D eigenvalue weighted by molar-refractivity contribution is 5.63. The number of benzene rings is 2. The van der Waals surface area contributed by atoms with E-state index >= 15 is 0 Å². The molecule has 1 saturated heterocycles. The van der Waals surface area contributed by atoms with Crippen molar-refractivity contribution in [1.29, 1.82) is 0 Å². The third-order valence-corrected chi connectivity index (χ3v) is 4.36. The van der Waals surface area contributed by atoms with Gasteiger partial charge in [-0.15, -0.1) is 0 Å². The molecule has 4 atom stereocenters. The van der Waals surface area contributed by atoms with Crippen LogP contribution in [0.2, 0.25) is 0 Å². The van der Waals surface area contributed by atoms with Crippen LogP contribution in [0.25, 0.3) is 11.1 Å². The first-order chi connectivity index (χ1) is 10.3. The smallest absolute Gasteiger partial charge is 0.184 e. The van der Waals surface area contributed by atoms with Gasteiger partial charge < -0.3 is 14.6 Å². The van der Waals surface area contributed by atoms with Crippen LogP contribution in [0.15, 0.2) is 54.6 Å². The Morgan fingerprint density at radius 1 is 0.810 bits per heavy atom. The molecule has 2 aromatic rings. The lowest BCUT2D eigenvalue weighted by atomic mass is 10.0. The molecule has 0 radical (unpaired) electrons. The molecule has 1 aliphatic heterocycles. The van der Waals surface area contributed by atoms with Gasteiger partial charge in [-0.2, -0.15) is 0 Å². The Labute approximate surface area is 124 Å². The van der Waals surface area contributed by atoms with Crippen molar-refractivity contribution in [3.8, 4) is 11.1 Å². The largest absolute Gasteiger partial charge is 0.390 e. The summed E-state index contributed by atoms with van der Waals surface area (Å²) < 4.78 is 11.8. The van der Waals surface area contributed by atoms with Crippen LogP contribution in [0.1, 0.15) is 24.7 Å². The lowest BCUT2D eigenvalue weighted by molar-refractivity contribution is -0.0927. The number of fused-ring (bicyclic) bond motifs is 1. The van der Waals surface area contributed by atoms with Crippen molar-refractivity contribution in [2.45, 2.75) is 37.4 Å². The van der Waals surface area contributed by atoms with E-state index in [-0.39, 0.29) is 24.6 Å². The second-order valence-corrected chi connectivity index (χ2v) is 5.74. The zero-order valence-electron chi connectivity index (χ0n) is 11.7. The Morgan fingerprint density at radius 2 is 1.52 bits per heavy atom. The molecule has 0 spiro atoms. The van der Waals surface area contributed by atoms with E-state index in [1.165, 1.54) is 11.1 Å². The summed E-state index contributed by atoms with van der Waals surface area (Å²) >= 11 is 0. The lowest BCUT2D eigenvalue weighted by Gasteiger charge is -2.14. The highest BCUT2D eigenvalue weighted by Crippen LogP contribution is 2.39. The molecule has 2 fully saturated rings. The molecule has 0 amide bonds.